The van der Waals surface area contributed by atoms with Crippen LogP contribution in [-0.2, 0) is 0 Å². The third-order valence-electron chi connectivity index (χ3n) is 29.4. The highest BCUT2D eigenvalue weighted by atomic mass is 31.2. The zero-order chi connectivity index (χ0) is 99.4. The molecule has 0 radical (unpaired) electrons. The molecule has 3 nitrogen and oxygen atoms in total. The van der Waals surface area contributed by atoms with E-state index in [0.29, 0.717) is 0 Å². The predicted molar refractivity (Wildman–Crippen MR) is 640 cm³/mol. The van der Waals surface area contributed by atoms with Gasteiger partial charge in [0.2, 0.25) is 0 Å². The van der Waals surface area contributed by atoms with Crippen LogP contribution in [0.15, 0.2) is 0 Å². The van der Waals surface area contributed by atoms with Crippen LogP contribution in [0.4, 0.5) is 0 Å². The Morgan fingerprint density at radius 2 is 0.142 bits per heavy atom. The molecule has 0 aliphatic carbocycles. The molecule has 0 heterocycles. The van der Waals surface area contributed by atoms with Crippen molar-refractivity contribution >= 4 is 58.2 Å². The first-order valence-electron chi connectivity index (χ1n) is 60.9. The van der Waals surface area contributed by atoms with E-state index < -0.39 is 58.2 Å². The van der Waals surface area contributed by atoms with Gasteiger partial charge in [-0.15, -0.1) is 0 Å². The third-order valence-corrected chi connectivity index (χ3v) is 64.8. The van der Waals surface area contributed by atoms with Crippen LogP contribution in [-0.4, -0.2) is 180 Å². The normalized spacial score (nSPS) is 11.5. The highest BCUT2D eigenvalue weighted by Crippen LogP contribution is 2.67. The Balaban J connectivity index is -0.000000128. The molecule has 0 atom stereocenters. The first kappa shape index (κ1) is 162. The summed E-state index contributed by atoms with van der Waals surface area (Å²) >= 11 is 0. The van der Waals surface area contributed by atoms with Gasteiger partial charge in [0.15, 0.2) is 0 Å². The van der Waals surface area contributed by atoms with Crippen molar-refractivity contribution < 1.29 is 33.9 Å². The van der Waals surface area contributed by atoms with Crippen molar-refractivity contribution in [3.05, 3.63) is 0 Å². The standard InChI is InChI=1S/7C17H38P.BO3.4FH/c7*1-5-9-13-17-18(14-10-6-2,15-11-7-3)16-12-8-4;2-1(3)4;;;;/h7*5-17H2,1-4H3;;4*1H/q7*+1;-3;;;;/p-4. The van der Waals surface area contributed by atoms with Crippen molar-refractivity contribution in [3.8, 4) is 0 Å². The minimum atomic E-state index is -2.92. The van der Waals surface area contributed by atoms with E-state index in [9.17, 15) is 0 Å². The summed E-state index contributed by atoms with van der Waals surface area (Å²) < 4.78 is 0. The summed E-state index contributed by atoms with van der Waals surface area (Å²) in [6.07, 6.45) is 136. The number of unbranched alkanes of at least 4 members (excludes halogenated alkanes) is 35. The molecule has 0 bridgehead atoms. The molecule has 0 aromatic heterocycles. The van der Waals surface area contributed by atoms with Gasteiger partial charge in [0, 0.05) is 50.8 Å². The largest absolute Gasteiger partial charge is 1.00 e. The quantitative estimate of drug-likeness (QED) is 0.0264. The molecule has 0 aromatic rings. The van der Waals surface area contributed by atoms with E-state index >= 15 is 0 Å². The number of halogens is 4. The molecular weight excluding hydrogens is 1780 g/mol. The van der Waals surface area contributed by atoms with Crippen molar-refractivity contribution in [2.75, 3.05) is 173 Å². The van der Waals surface area contributed by atoms with Crippen molar-refractivity contribution in [1.82, 2.24) is 0 Å². The van der Waals surface area contributed by atoms with Gasteiger partial charge in [0.1, 0.15) is 0 Å². The first-order chi connectivity index (χ1) is 62.9. The molecule has 0 amide bonds. The topological polar surface area (TPSA) is 69.2 Å². The molecular formula is C119H266BF4O3P7. The second kappa shape index (κ2) is 128. The zero-order valence-electron chi connectivity index (χ0n) is 98.8. The molecule has 0 aliphatic rings. The second-order valence-corrected chi connectivity index (χ2v) is 73.6. The fourth-order valence-electron chi connectivity index (χ4n) is 19.9. The van der Waals surface area contributed by atoms with Crippen LogP contribution < -0.4 is 33.9 Å². The van der Waals surface area contributed by atoms with Crippen LogP contribution in [0.1, 0.15) is 598 Å². The highest BCUT2D eigenvalue weighted by molar-refractivity contribution is 7.78. The fraction of sp³-hybridized carbons (Fsp3) is 1.00. The zero-order valence-corrected chi connectivity index (χ0v) is 105. The maximum absolute atomic E-state index is 8.42. The Labute approximate surface area is 857 Å². The third kappa shape index (κ3) is 107. The Morgan fingerprint density at radius 1 is 0.0970 bits per heavy atom. The monoisotopic (exact) mass is 2050 g/mol. The number of hydrogen-bond donors (Lipinski definition) is 0. The van der Waals surface area contributed by atoms with Crippen LogP contribution in [0.25, 0.3) is 0 Å². The Morgan fingerprint density at radius 3 is 0.187 bits per heavy atom. The maximum Gasteiger partial charge on any atom is 0.0594 e. The molecule has 134 heavy (non-hydrogen) atoms. The molecule has 0 saturated carbocycles. The van der Waals surface area contributed by atoms with E-state index in [1.54, 1.807) is 173 Å². The van der Waals surface area contributed by atoms with Gasteiger partial charge in [-0.2, -0.15) is 0 Å². The molecule has 0 spiro atoms. The second-order valence-electron chi connectivity index (χ2n) is 42.3. The lowest BCUT2D eigenvalue weighted by Crippen LogP contribution is -3.00. The van der Waals surface area contributed by atoms with Crippen molar-refractivity contribution in [2.45, 2.75) is 598 Å². The van der Waals surface area contributed by atoms with E-state index in [1.165, 1.54) is 405 Å². The smallest absolute Gasteiger partial charge is 0.0594 e. The van der Waals surface area contributed by atoms with E-state index in [-0.39, 0.29) is 18.8 Å². The van der Waals surface area contributed by atoms with Gasteiger partial charge in [0.25, 0.3) is 0 Å². The summed E-state index contributed by atoms with van der Waals surface area (Å²) in [7, 11) is -6.94. The lowest BCUT2D eigenvalue weighted by molar-refractivity contribution is -0.479. The summed E-state index contributed by atoms with van der Waals surface area (Å²) in [5.74, 6) is 0. The van der Waals surface area contributed by atoms with E-state index in [2.05, 4.69) is 194 Å². The lowest BCUT2D eigenvalue weighted by Gasteiger charge is -2.35. The Bertz CT molecular complexity index is 1480. The van der Waals surface area contributed by atoms with Gasteiger partial charge >= 0.3 is 0 Å². The van der Waals surface area contributed by atoms with Crippen LogP contribution in [0.3, 0.4) is 0 Å². The van der Waals surface area contributed by atoms with Crippen molar-refractivity contribution in [2.24, 2.45) is 0 Å². The summed E-state index contributed by atoms with van der Waals surface area (Å²) in [6.45, 7) is 66.0. The molecule has 0 rings (SSSR count). The van der Waals surface area contributed by atoms with E-state index in [0.717, 1.165) is 0 Å². The van der Waals surface area contributed by atoms with Gasteiger partial charge < -0.3 is 33.9 Å². The van der Waals surface area contributed by atoms with Crippen molar-refractivity contribution in [1.29, 1.82) is 0 Å². The molecule has 0 aromatic carbocycles. The van der Waals surface area contributed by atoms with Crippen LogP contribution in [0.2, 0.25) is 0 Å². The first-order valence-corrected chi connectivity index (χ1v) is 78.6. The summed E-state index contributed by atoms with van der Waals surface area (Å²) in [6, 6.07) is 0. The molecule has 0 aliphatic heterocycles. The summed E-state index contributed by atoms with van der Waals surface area (Å²) in [4.78, 5) is 0. The molecule has 0 unspecified atom stereocenters. The minimum Gasteiger partial charge on any atom is -1.00 e. The van der Waals surface area contributed by atoms with Gasteiger partial charge in [-0.3, -0.25) is 7.32 Å². The Hall–Kier alpha value is 2.67. The molecule has 15 heteroatoms. The predicted octanol–water partition coefficient (Wildman–Crippen LogP) is 30.2. The molecule has 0 saturated heterocycles. The number of hydrogen-bond acceptors (Lipinski definition) is 3. The maximum atomic E-state index is 8.42. The van der Waals surface area contributed by atoms with Gasteiger partial charge in [-0.1, -0.05) is 419 Å². The minimum absolute atomic E-state index is 0. The van der Waals surface area contributed by atoms with Crippen LogP contribution in [0.5, 0.6) is 0 Å². The van der Waals surface area contributed by atoms with Crippen LogP contribution in [0, 0.1) is 0 Å². The lowest BCUT2D eigenvalue weighted by atomic mass is 10.3. The molecule has 0 fully saturated rings. The molecule has 0 N–H and O–H groups in total. The average Bonchev–Trinajstić information content (AvgIpc) is 0.918. The van der Waals surface area contributed by atoms with E-state index in [1.807, 2.05) is 0 Å². The van der Waals surface area contributed by atoms with Crippen molar-refractivity contribution in [3.63, 3.8) is 0 Å². The average molecular weight is 2050 g/mol. The summed E-state index contributed by atoms with van der Waals surface area (Å²) in [5.41, 5.74) is 0. The van der Waals surface area contributed by atoms with Gasteiger partial charge in [-0.25, -0.2) is 0 Å². The Kier molecular flexibility index (Phi) is 155. The summed E-state index contributed by atoms with van der Waals surface area (Å²) in [5, 5.41) is 25.2. The fourth-order valence-corrected chi connectivity index (χ4v) is 56.3. The van der Waals surface area contributed by atoms with Gasteiger partial charge in [-0.05, 0) is 180 Å². The SMILES string of the molecule is CCCCC[P+](CCCC)(CCCC)CCCC.CCCCC[P+](CCCC)(CCCC)CCCC.CCCCC[P+](CCCC)(CCCC)CCCC.CCCCC[P+](CCCC)(CCCC)CCCC.CCCCC[P+](CCCC)(CCCC)CCCC.CCCCC[P+](CCCC)(CCCC)CCCC.CCCCC[P+](CCCC)(CCCC)CCCC.[F-].[F-].[F-].[F-].[O-]B([O-])[O-]. The van der Waals surface area contributed by atoms with E-state index in [4.69, 9.17) is 15.1 Å². The van der Waals surface area contributed by atoms with Crippen LogP contribution >= 0.6 is 50.8 Å². The van der Waals surface area contributed by atoms with Gasteiger partial charge in [0.05, 0.1) is 173 Å². The highest BCUT2D eigenvalue weighted by Gasteiger charge is 2.41. The number of rotatable bonds is 91. The molecule has 826 valence electrons.